The zero-order chi connectivity index (χ0) is 8.27. The van der Waals surface area contributed by atoms with Crippen LogP contribution in [0.2, 0.25) is 0 Å². The molecule has 3 nitrogen and oxygen atoms in total. The summed E-state index contributed by atoms with van der Waals surface area (Å²) >= 11 is 0. The van der Waals surface area contributed by atoms with Crippen molar-refractivity contribution < 1.29 is 9.90 Å². The number of nitrogens with zero attached hydrogens (tertiary/aromatic N) is 1. The topological polar surface area (TPSA) is 40.5 Å². The Kier molecular flexibility index (Phi) is 2.88. The lowest BCUT2D eigenvalue weighted by molar-refractivity contribution is -0.143. The number of aliphatic carboxylic acids is 1. The lowest BCUT2D eigenvalue weighted by atomic mass is 9.98. The van der Waals surface area contributed by atoms with Crippen molar-refractivity contribution in [2.45, 2.75) is 19.8 Å². The maximum atomic E-state index is 10.6. The van der Waals surface area contributed by atoms with Gasteiger partial charge in [0.05, 0.1) is 5.92 Å². The Morgan fingerprint density at radius 1 is 1.73 bits per heavy atom. The van der Waals surface area contributed by atoms with E-state index in [0.717, 1.165) is 19.4 Å². The van der Waals surface area contributed by atoms with Crippen LogP contribution in [0.15, 0.2) is 0 Å². The molecule has 1 saturated heterocycles. The molecule has 63 valence electrons. The van der Waals surface area contributed by atoms with E-state index in [2.05, 4.69) is 4.90 Å². The van der Waals surface area contributed by atoms with E-state index < -0.39 is 5.97 Å². The molecule has 1 aliphatic rings. The number of piperidine rings is 1. The minimum Gasteiger partial charge on any atom is -0.481 e. The average molecular weight is 156 g/mol. The fourth-order valence-electron chi connectivity index (χ4n) is 1.44. The van der Waals surface area contributed by atoms with Gasteiger partial charge in [-0.05, 0) is 26.3 Å². The van der Waals surface area contributed by atoms with Gasteiger partial charge in [0.1, 0.15) is 0 Å². The molecule has 0 aromatic heterocycles. The molecular weight excluding hydrogens is 142 g/mol. The lowest BCUT2D eigenvalue weighted by Crippen LogP contribution is -2.36. The first kappa shape index (κ1) is 8.53. The van der Waals surface area contributed by atoms with Crippen LogP contribution in [0.1, 0.15) is 19.8 Å². The van der Waals surface area contributed by atoms with Crippen molar-refractivity contribution in [2.75, 3.05) is 13.1 Å². The van der Waals surface area contributed by atoms with Crippen LogP contribution in [0.25, 0.3) is 0 Å². The quantitative estimate of drug-likeness (QED) is 0.647. The van der Waals surface area contributed by atoms with Gasteiger partial charge < -0.3 is 5.11 Å². The van der Waals surface area contributed by atoms with Crippen LogP contribution >= 0.6 is 0 Å². The molecule has 1 heterocycles. The highest BCUT2D eigenvalue weighted by atomic mass is 16.4. The summed E-state index contributed by atoms with van der Waals surface area (Å²) in [7, 11) is 0. The summed E-state index contributed by atoms with van der Waals surface area (Å²) in [4.78, 5) is 12.6. The van der Waals surface area contributed by atoms with E-state index in [1.54, 1.807) is 0 Å². The average Bonchev–Trinajstić information content (AvgIpc) is 2.05. The minimum absolute atomic E-state index is 0.153. The molecule has 1 radical (unpaired) electrons. The highest BCUT2D eigenvalue weighted by Gasteiger charge is 2.23. The van der Waals surface area contributed by atoms with Crippen molar-refractivity contribution in [2.24, 2.45) is 5.92 Å². The lowest BCUT2D eigenvalue weighted by Gasteiger charge is -2.28. The van der Waals surface area contributed by atoms with Gasteiger partial charge in [-0.3, -0.25) is 9.69 Å². The Morgan fingerprint density at radius 3 is 3.00 bits per heavy atom. The van der Waals surface area contributed by atoms with Crippen LogP contribution in [0.4, 0.5) is 0 Å². The van der Waals surface area contributed by atoms with Crippen molar-refractivity contribution in [1.82, 2.24) is 4.90 Å². The predicted molar refractivity (Wildman–Crippen MR) is 41.9 cm³/mol. The monoisotopic (exact) mass is 156 g/mol. The molecule has 0 bridgehead atoms. The molecule has 1 aliphatic heterocycles. The smallest absolute Gasteiger partial charge is 0.307 e. The van der Waals surface area contributed by atoms with Gasteiger partial charge in [-0.25, -0.2) is 0 Å². The van der Waals surface area contributed by atoms with E-state index in [9.17, 15) is 4.79 Å². The molecule has 0 aromatic carbocycles. The molecule has 1 fully saturated rings. The van der Waals surface area contributed by atoms with E-state index in [-0.39, 0.29) is 5.92 Å². The van der Waals surface area contributed by atoms with E-state index >= 15 is 0 Å². The van der Waals surface area contributed by atoms with Gasteiger partial charge in [-0.15, -0.1) is 0 Å². The molecule has 0 aromatic rings. The third kappa shape index (κ3) is 2.19. The van der Waals surface area contributed by atoms with Crippen LogP contribution in [0.3, 0.4) is 0 Å². The summed E-state index contributed by atoms with van der Waals surface area (Å²) < 4.78 is 0. The highest BCUT2D eigenvalue weighted by Crippen LogP contribution is 2.16. The summed E-state index contributed by atoms with van der Waals surface area (Å²) in [6.45, 7) is 5.62. The molecule has 0 aliphatic carbocycles. The number of hydrogen-bond acceptors (Lipinski definition) is 2. The van der Waals surface area contributed by atoms with Gasteiger partial charge in [0.15, 0.2) is 0 Å². The second-order valence-electron chi connectivity index (χ2n) is 2.93. The van der Waals surface area contributed by atoms with Crippen LogP contribution in [-0.4, -0.2) is 29.1 Å². The van der Waals surface area contributed by atoms with Crippen molar-refractivity contribution in [3.8, 4) is 0 Å². The summed E-state index contributed by atoms with van der Waals surface area (Å²) in [5.74, 6) is -0.809. The van der Waals surface area contributed by atoms with E-state index in [1.165, 1.54) is 0 Å². The Labute approximate surface area is 67.0 Å². The largest absolute Gasteiger partial charge is 0.481 e. The maximum absolute atomic E-state index is 10.6. The summed E-state index contributed by atoms with van der Waals surface area (Å²) in [6.07, 6.45) is 1.83. The van der Waals surface area contributed by atoms with Gasteiger partial charge in [-0.2, -0.15) is 0 Å². The summed E-state index contributed by atoms with van der Waals surface area (Å²) in [6, 6.07) is 0. The van der Waals surface area contributed by atoms with E-state index in [4.69, 9.17) is 5.11 Å². The molecule has 0 amide bonds. The van der Waals surface area contributed by atoms with Crippen LogP contribution in [-0.2, 0) is 4.79 Å². The number of carboxylic acid groups (broad SMARTS) is 1. The van der Waals surface area contributed by atoms with Crippen molar-refractivity contribution in [3.63, 3.8) is 0 Å². The second kappa shape index (κ2) is 3.72. The van der Waals surface area contributed by atoms with Gasteiger partial charge in [0.2, 0.25) is 0 Å². The number of carboxylic acids is 1. The second-order valence-corrected chi connectivity index (χ2v) is 2.93. The van der Waals surface area contributed by atoms with Crippen molar-refractivity contribution in [1.29, 1.82) is 0 Å². The maximum Gasteiger partial charge on any atom is 0.307 e. The van der Waals surface area contributed by atoms with Crippen LogP contribution < -0.4 is 0 Å². The van der Waals surface area contributed by atoms with Crippen molar-refractivity contribution >= 4 is 5.97 Å². The number of rotatable bonds is 2. The first-order chi connectivity index (χ1) is 5.24. The third-order valence-electron chi connectivity index (χ3n) is 2.17. The highest BCUT2D eigenvalue weighted by molar-refractivity contribution is 5.70. The molecule has 11 heavy (non-hydrogen) atoms. The SMILES string of the molecule is C[CH]N1CCCC(C(=O)O)C1. The summed E-state index contributed by atoms with van der Waals surface area (Å²) in [5.41, 5.74) is 0. The minimum atomic E-state index is -0.656. The van der Waals surface area contributed by atoms with Crippen LogP contribution in [0.5, 0.6) is 0 Å². The fraction of sp³-hybridized carbons (Fsp3) is 0.750. The predicted octanol–water partition coefficient (Wildman–Crippen LogP) is 0.965. The Balaban J connectivity index is 2.39. The van der Waals surface area contributed by atoms with E-state index in [0.29, 0.717) is 6.54 Å². The van der Waals surface area contributed by atoms with Gasteiger partial charge >= 0.3 is 5.97 Å². The summed E-state index contributed by atoms with van der Waals surface area (Å²) in [5, 5.41) is 8.71. The molecule has 0 spiro atoms. The zero-order valence-electron chi connectivity index (χ0n) is 6.79. The third-order valence-corrected chi connectivity index (χ3v) is 2.17. The van der Waals surface area contributed by atoms with Gasteiger partial charge in [-0.1, -0.05) is 0 Å². The normalized spacial score (nSPS) is 26.8. The molecule has 3 heteroatoms. The molecular formula is C8H14NO2. The molecule has 1 N–H and O–H groups in total. The van der Waals surface area contributed by atoms with Gasteiger partial charge in [0.25, 0.3) is 0 Å². The molecule has 1 atom stereocenters. The number of carbonyl (C=O) groups is 1. The Bertz CT molecular complexity index is 147. The fourth-order valence-corrected chi connectivity index (χ4v) is 1.44. The molecule has 1 unspecified atom stereocenters. The van der Waals surface area contributed by atoms with Crippen LogP contribution in [0, 0.1) is 12.5 Å². The Morgan fingerprint density at radius 2 is 2.45 bits per heavy atom. The van der Waals surface area contributed by atoms with Crippen molar-refractivity contribution in [3.05, 3.63) is 6.54 Å². The van der Waals surface area contributed by atoms with Gasteiger partial charge in [0, 0.05) is 13.1 Å². The first-order valence-electron chi connectivity index (χ1n) is 4.00. The molecule has 0 saturated carbocycles. The zero-order valence-corrected chi connectivity index (χ0v) is 6.79. The number of hydrogen-bond donors (Lipinski definition) is 1. The first-order valence-corrected chi connectivity index (χ1v) is 4.00. The Hall–Kier alpha value is -0.570. The number of likely N-dealkylation sites (tertiary alicyclic amines) is 1. The molecule has 1 rings (SSSR count). The van der Waals surface area contributed by atoms with E-state index in [1.807, 2.05) is 13.5 Å². The standard InChI is InChI=1S/C8H14NO2/c1-2-9-5-3-4-7(6-9)8(10)11/h2,7H,3-6H2,1H3,(H,10,11).